The van der Waals surface area contributed by atoms with Gasteiger partial charge in [-0.25, -0.2) is 9.97 Å². The predicted octanol–water partition coefficient (Wildman–Crippen LogP) is 1.73. The van der Waals surface area contributed by atoms with Crippen LogP contribution in [0.15, 0.2) is 30.6 Å². The summed E-state index contributed by atoms with van der Waals surface area (Å²) in [5.74, 6) is 0.634. The summed E-state index contributed by atoms with van der Waals surface area (Å²) < 4.78 is 5.75. The van der Waals surface area contributed by atoms with Gasteiger partial charge in [-0.2, -0.15) is 0 Å². The van der Waals surface area contributed by atoms with Crippen LogP contribution in [0, 0.1) is 0 Å². The van der Waals surface area contributed by atoms with Crippen LogP contribution in [-0.2, 0) is 0 Å². The molecule has 27 heavy (non-hydrogen) atoms. The zero-order valence-electron chi connectivity index (χ0n) is 14.9. The van der Waals surface area contributed by atoms with Crippen molar-refractivity contribution in [1.82, 2.24) is 14.9 Å². The van der Waals surface area contributed by atoms with Crippen molar-refractivity contribution in [2.75, 3.05) is 31.1 Å². The van der Waals surface area contributed by atoms with Gasteiger partial charge in [-0.3, -0.25) is 9.59 Å². The lowest BCUT2D eigenvalue weighted by Gasteiger charge is -2.31. The molecule has 8 heteroatoms. The molecule has 0 bridgehead atoms. The van der Waals surface area contributed by atoms with E-state index in [0.717, 1.165) is 31.6 Å². The zero-order chi connectivity index (χ0) is 18.8. The molecular formula is C19H21N5O3. The molecule has 0 radical (unpaired) electrons. The van der Waals surface area contributed by atoms with E-state index in [2.05, 4.69) is 9.97 Å². The Hall–Kier alpha value is -3.16. The van der Waals surface area contributed by atoms with Gasteiger partial charge in [0, 0.05) is 19.3 Å². The molecular weight excluding hydrogens is 346 g/mol. The fraction of sp³-hybridized carbons (Fsp3) is 0.368. The summed E-state index contributed by atoms with van der Waals surface area (Å²) in [5, 5.41) is 0. The van der Waals surface area contributed by atoms with E-state index in [1.54, 1.807) is 30.6 Å². The van der Waals surface area contributed by atoms with Gasteiger partial charge in [0.1, 0.15) is 12.3 Å². The summed E-state index contributed by atoms with van der Waals surface area (Å²) in [5.41, 5.74) is 6.78. The SMILES string of the molecule is NC(=O)c1ccc(N2CCOc3cc(C(=O)N4CCCCC4)cnc32)cn1. The molecule has 0 spiro atoms. The van der Waals surface area contributed by atoms with Crippen LogP contribution < -0.4 is 15.4 Å². The number of piperidine rings is 1. The van der Waals surface area contributed by atoms with Gasteiger partial charge in [0.25, 0.3) is 11.8 Å². The van der Waals surface area contributed by atoms with Crippen LogP contribution >= 0.6 is 0 Å². The Kier molecular flexibility index (Phi) is 4.62. The van der Waals surface area contributed by atoms with Crippen molar-refractivity contribution in [2.24, 2.45) is 5.73 Å². The second-order valence-electron chi connectivity index (χ2n) is 6.66. The number of nitrogens with two attached hydrogens (primary N) is 1. The molecule has 8 nitrogen and oxygen atoms in total. The van der Waals surface area contributed by atoms with E-state index in [9.17, 15) is 9.59 Å². The van der Waals surface area contributed by atoms with Crippen LogP contribution in [0.25, 0.3) is 0 Å². The highest BCUT2D eigenvalue weighted by molar-refractivity contribution is 5.95. The zero-order valence-corrected chi connectivity index (χ0v) is 14.9. The standard InChI is InChI=1S/C19H21N5O3/c20-17(25)15-5-4-14(12-21-15)24-8-9-27-16-10-13(11-22-18(16)24)19(26)23-6-2-1-3-7-23/h4-5,10-12H,1-3,6-9H2,(H2,20,25). The topological polar surface area (TPSA) is 102 Å². The maximum atomic E-state index is 12.7. The van der Waals surface area contributed by atoms with Crippen LogP contribution in [0.5, 0.6) is 5.75 Å². The van der Waals surface area contributed by atoms with Gasteiger partial charge in [0.05, 0.1) is 24.0 Å². The van der Waals surface area contributed by atoms with Gasteiger partial charge in [-0.1, -0.05) is 0 Å². The largest absolute Gasteiger partial charge is 0.488 e. The third-order valence-electron chi connectivity index (χ3n) is 4.86. The second-order valence-corrected chi connectivity index (χ2v) is 6.66. The lowest BCUT2D eigenvalue weighted by atomic mass is 10.1. The van der Waals surface area contributed by atoms with Gasteiger partial charge in [0.2, 0.25) is 0 Å². The fourth-order valence-electron chi connectivity index (χ4n) is 3.44. The first-order valence-electron chi connectivity index (χ1n) is 9.09. The highest BCUT2D eigenvalue weighted by atomic mass is 16.5. The van der Waals surface area contributed by atoms with Crippen molar-refractivity contribution in [3.63, 3.8) is 0 Å². The average molecular weight is 367 g/mol. The van der Waals surface area contributed by atoms with E-state index >= 15 is 0 Å². The molecule has 2 aliphatic heterocycles. The highest BCUT2D eigenvalue weighted by Crippen LogP contribution is 2.35. The normalized spacial score (nSPS) is 16.4. The number of rotatable bonds is 3. The molecule has 140 valence electrons. The number of ether oxygens (including phenoxy) is 1. The predicted molar refractivity (Wildman–Crippen MR) is 99.2 cm³/mol. The van der Waals surface area contributed by atoms with Crippen LogP contribution in [0.2, 0.25) is 0 Å². The van der Waals surface area contributed by atoms with E-state index in [1.807, 2.05) is 9.80 Å². The second kappa shape index (κ2) is 7.22. The minimum absolute atomic E-state index is 0.00167. The number of pyridine rings is 2. The van der Waals surface area contributed by atoms with Crippen molar-refractivity contribution in [3.05, 3.63) is 41.9 Å². The number of amides is 2. The quantitative estimate of drug-likeness (QED) is 0.886. The summed E-state index contributed by atoms with van der Waals surface area (Å²) >= 11 is 0. The minimum atomic E-state index is -0.567. The number of carbonyl (C=O) groups is 2. The summed E-state index contributed by atoms with van der Waals surface area (Å²) in [6.07, 6.45) is 6.45. The Morgan fingerprint density at radius 2 is 1.85 bits per heavy atom. The Morgan fingerprint density at radius 1 is 1.04 bits per heavy atom. The van der Waals surface area contributed by atoms with Crippen molar-refractivity contribution in [3.8, 4) is 5.75 Å². The summed E-state index contributed by atoms with van der Waals surface area (Å²) in [6, 6.07) is 5.12. The van der Waals surface area contributed by atoms with Crippen molar-refractivity contribution < 1.29 is 14.3 Å². The number of anilines is 2. The van der Waals surface area contributed by atoms with E-state index in [-0.39, 0.29) is 11.6 Å². The maximum absolute atomic E-state index is 12.7. The van der Waals surface area contributed by atoms with Gasteiger partial charge in [0.15, 0.2) is 11.6 Å². The molecule has 1 saturated heterocycles. The molecule has 4 rings (SSSR count). The Morgan fingerprint density at radius 3 is 2.56 bits per heavy atom. The number of aromatic nitrogens is 2. The van der Waals surface area contributed by atoms with Gasteiger partial charge in [-0.05, 0) is 37.5 Å². The number of hydrogen-bond donors (Lipinski definition) is 1. The molecule has 0 aromatic carbocycles. The Labute approximate surface area is 156 Å². The molecule has 2 amide bonds. The smallest absolute Gasteiger partial charge is 0.267 e. The average Bonchev–Trinajstić information content (AvgIpc) is 2.73. The van der Waals surface area contributed by atoms with E-state index in [0.29, 0.717) is 30.3 Å². The van der Waals surface area contributed by atoms with E-state index < -0.39 is 5.91 Å². The van der Waals surface area contributed by atoms with E-state index in [4.69, 9.17) is 10.5 Å². The molecule has 2 aromatic heterocycles. The molecule has 0 atom stereocenters. The van der Waals surface area contributed by atoms with Gasteiger partial charge < -0.3 is 20.3 Å². The number of fused-ring (bicyclic) bond motifs is 1. The lowest BCUT2D eigenvalue weighted by Crippen LogP contribution is -2.36. The summed E-state index contributed by atoms with van der Waals surface area (Å²) in [4.78, 5) is 36.3. The lowest BCUT2D eigenvalue weighted by molar-refractivity contribution is 0.0723. The Balaban J connectivity index is 1.59. The molecule has 0 saturated carbocycles. The number of primary amides is 1. The molecule has 2 aromatic rings. The summed E-state index contributed by atoms with van der Waals surface area (Å²) in [6.45, 7) is 2.65. The van der Waals surface area contributed by atoms with Crippen LogP contribution in [0.1, 0.15) is 40.1 Å². The first-order chi connectivity index (χ1) is 13.1. The maximum Gasteiger partial charge on any atom is 0.267 e. The highest BCUT2D eigenvalue weighted by Gasteiger charge is 2.25. The molecule has 2 N–H and O–H groups in total. The van der Waals surface area contributed by atoms with Crippen LogP contribution in [0.3, 0.4) is 0 Å². The number of hydrogen-bond acceptors (Lipinski definition) is 6. The number of carbonyl (C=O) groups excluding carboxylic acids is 2. The molecule has 1 fully saturated rings. The first kappa shape index (κ1) is 17.3. The molecule has 0 aliphatic carbocycles. The number of nitrogens with zero attached hydrogens (tertiary/aromatic N) is 4. The molecule has 0 unspecified atom stereocenters. The fourth-order valence-corrected chi connectivity index (χ4v) is 3.44. The molecule has 2 aliphatic rings. The van der Waals surface area contributed by atoms with Crippen LogP contribution in [0.4, 0.5) is 11.5 Å². The third kappa shape index (κ3) is 3.42. The van der Waals surface area contributed by atoms with Gasteiger partial charge >= 0.3 is 0 Å². The number of likely N-dealkylation sites (tertiary alicyclic amines) is 1. The Bertz CT molecular complexity index is 862. The van der Waals surface area contributed by atoms with Crippen molar-refractivity contribution in [2.45, 2.75) is 19.3 Å². The monoisotopic (exact) mass is 367 g/mol. The van der Waals surface area contributed by atoms with Gasteiger partial charge in [-0.15, -0.1) is 0 Å². The van der Waals surface area contributed by atoms with Crippen molar-refractivity contribution in [1.29, 1.82) is 0 Å². The van der Waals surface area contributed by atoms with E-state index in [1.165, 1.54) is 6.42 Å². The molecule has 4 heterocycles. The minimum Gasteiger partial charge on any atom is -0.488 e. The summed E-state index contributed by atoms with van der Waals surface area (Å²) in [7, 11) is 0. The van der Waals surface area contributed by atoms with Crippen LogP contribution in [-0.4, -0.2) is 52.9 Å². The van der Waals surface area contributed by atoms with Crippen molar-refractivity contribution >= 4 is 23.3 Å². The first-order valence-corrected chi connectivity index (χ1v) is 9.09. The third-order valence-corrected chi connectivity index (χ3v) is 4.86.